The summed E-state index contributed by atoms with van der Waals surface area (Å²) in [6, 6.07) is 0. The smallest absolute Gasteiger partial charge is 0.0721 e. The van der Waals surface area contributed by atoms with E-state index in [0.29, 0.717) is 5.92 Å². The van der Waals surface area contributed by atoms with Crippen molar-refractivity contribution in [3.8, 4) is 0 Å². The molecule has 0 radical (unpaired) electrons. The van der Waals surface area contributed by atoms with E-state index in [0.717, 1.165) is 10.2 Å². The van der Waals surface area contributed by atoms with Gasteiger partial charge in [0, 0.05) is 7.05 Å². The monoisotopic (exact) mass is 245 g/mol. The van der Waals surface area contributed by atoms with Crippen LogP contribution in [0.5, 0.6) is 0 Å². The molecule has 1 heterocycles. The van der Waals surface area contributed by atoms with Crippen LogP contribution in [0, 0.1) is 5.92 Å². The zero-order valence-corrected chi connectivity index (χ0v) is 10.1. The molecule has 1 atom stereocenters. The maximum absolute atomic E-state index is 6.24. The quantitative estimate of drug-likeness (QED) is 0.867. The van der Waals surface area contributed by atoms with E-state index >= 15 is 0 Å². The number of hydrogen-bond acceptors (Lipinski definition) is 2. The molecule has 0 spiro atoms. The number of nitrogens with two attached hydrogens (primary N) is 1. The average Bonchev–Trinajstić information content (AvgIpc) is 2.30. The zero-order valence-electron chi connectivity index (χ0n) is 8.50. The van der Waals surface area contributed by atoms with Gasteiger partial charge in [0.2, 0.25) is 0 Å². The van der Waals surface area contributed by atoms with Crippen molar-refractivity contribution in [1.82, 2.24) is 9.78 Å². The van der Waals surface area contributed by atoms with Gasteiger partial charge in [-0.3, -0.25) is 4.68 Å². The lowest BCUT2D eigenvalue weighted by atomic mass is 9.86. The molecule has 3 nitrogen and oxygen atoms in total. The van der Waals surface area contributed by atoms with Gasteiger partial charge >= 0.3 is 0 Å². The van der Waals surface area contributed by atoms with E-state index in [-0.39, 0.29) is 5.54 Å². The van der Waals surface area contributed by atoms with Crippen molar-refractivity contribution >= 4 is 15.9 Å². The largest absolute Gasteiger partial charge is 0.320 e. The second kappa shape index (κ2) is 3.42. The van der Waals surface area contributed by atoms with E-state index in [4.69, 9.17) is 5.73 Å². The van der Waals surface area contributed by atoms with Crippen LogP contribution in [0.2, 0.25) is 0 Å². The van der Waals surface area contributed by atoms with E-state index in [2.05, 4.69) is 34.9 Å². The minimum atomic E-state index is -0.343. The predicted molar refractivity (Wildman–Crippen MR) is 57.3 cm³/mol. The number of hydrogen-bond donors (Lipinski definition) is 1. The molecule has 0 aliphatic carbocycles. The molecule has 0 aliphatic rings. The molecule has 2 N–H and O–H groups in total. The van der Waals surface area contributed by atoms with Gasteiger partial charge in [-0.1, -0.05) is 13.8 Å². The number of aryl methyl sites for hydroxylation is 1. The standard InChI is InChI=1S/C9H16BrN3/c1-6(2)9(3,11)8-7(10)5-12-13(8)4/h5-6H,11H2,1-4H3. The molecular weight excluding hydrogens is 230 g/mol. The Hall–Kier alpha value is -0.350. The summed E-state index contributed by atoms with van der Waals surface area (Å²) in [5.41, 5.74) is 6.94. The highest BCUT2D eigenvalue weighted by atomic mass is 79.9. The fraction of sp³-hybridized carbons (Fsp3) is 0.667. The topological polar surface area (TPSA) is 43.8 Å². The first-order chi connectivity index (χ1) is 5.87. The SMILES string of the molecule is CC(C)C(C)(N)c1c(Br)cnn1C. The Labute approximate surface area is 87.4 Å². The summed E-state index contributed by atoms with van der Waals surface area (Å²) in [6.07, 6.45) is 1.78. The van der Waals surface area contributed by atoms with Crippen LogP contribution in [0.4, 0.5) is 0 Å². The highest BCUT2D eigenvalue weighted by Gasteiger charge is 2.30. The van der Waals surface area contributed by atoms with E-state index in [1.807, 2.05) is 18.7 Å². The lowest BCUT2D eigenvalue weighted by Gasteiger charge is -2.29. The van der Waals surface area contributed by atoms with Crippen molar-refractivity contribution in [3.63, 3.8) is 0 Å². The minimum absolute atomic E-state index is 0.343. The van der Waals surface area contributed by atoms with Crippen molar-refractivity contribution in [2.75, 3.05) is 0 Å². The summed E-state index contributed by atoms with van der Waals surface area (Å²) in [7, 11) is 1.91. The molecule has 13 heavy (non-hydrogen) atoms. The molecule has 1 rings (SSSR count). The second-order valence-corrected chi connectivity index (χ2v) is 4.76. The fourth-order valence-corrected chi connectivity index (χ4v) is 2.07. The summed E-state index contributed by atoms with van der Waals surface area (Å²) in [6.45, 7) is 6.25. The molecule has 0 bridgehead atoms. The van der Waals surface area contributed by atoms with Crippen molar-refractivity contribution < 1.29 is 0 Å². The number of nitrogens with zero attached hydrogens (tertiary/aromatic N) is 2. The first-order valence-corrected chi connectivity index (χ1v) is 5.13. The van der Waals surface area contributed by atoms with Gasteiger partial charge in [-0.2, -0.15) is 5.10 Å². The van der Waals surface area contributed by atoms with Crippen LogP contribution in [-0.2, 0) is 12.6 Å². The summed E-state index contributed by atoms with van der Waals surface area (Å²) >= 11 is 3.46. The summed E-state index contributed by atoms with van der Waals surface area (Å²) < 4.78 is 2.80. The molecule has 0 saturated heterocycles. The molecule has 1 aromatic rings. The van der Waals surface area contributed by atoms with Gasteiger partial charge in [-0.05, 0) is 28.8 Å². The van der Waals surface area contributed by atoms with Gasteiger partial charge in [0.1, 0.15) is 0 Å². The molecule has 0 fully saturated rings. The van der Waals surface area contributed by atoms with Gasteiger partial charge in [0.25, 0.3) is 0 Å². The van der Waals surface area contributed by atoms with Crippen molar-refractivity contribution in [3.05, 3.63) is 16.4 Å². The van der Waals surface area contributed by atoms with Gasteiger partial charge in [-0.15, -0.1) is 0 Å². The lowest BCUT2D eigenvalue weighted by Crippen LogP contribution is -2.40. The predicted octanol–water partition coefficient (Wildman–Crippen LogP) is 2.01. The van der Waals surface area contributed by atoms with Gasteiger partial charge < -0.3 is 5.73 Å². The van der Waals surface area contributed by atoms with E-state index in [1.165, 1.54) is 0 Å². The molecule has 0 amide bonds. The molecule has 4 heteroatoms. The molecule has 0 saturated carbocycles. The molecular formula is C9H16BrN3. The zero-order chi connectivity index (χ0) is 10.2. The van der Waals surface area contributed by atoms with Gasteiger partial charge in [0.05, 0.1) is 21.9 Å². The van der Waals surface area contributed by atoms with E-state index in [9.17, 15) is 0 Å². The van der Waals surface area contributed by atoms with Crippen molar-refractivity contribution in [2.45, 2.75) is 26.3 Å². The van der Waals surface area contributed by atoms with Crippen LogP contribution >= 0.6 is 15.9 Å². The Bertz CT molecular complexity index is 282. The molecule has 1 aromatic heterocycles. The Kier molecular flexibility index (Phi) is 2.82. The van der Waals surface area contributed by atoms with E-state index < -0.39 is 0 Å². The van der Waals surface area contributed by atoms with E-state index in [1.54, 1.807) is 6.20 Å². The normalized spacial score (nSPS) is 16.2. The lowest BCUT2D eigenvalue weighted by molar-refractivity contribution is 0.326. The summed E-state index contributed by atoms with van der Waals surface area (Å²) in [5.74, 6) is 0.374. The number of rotatable bonds is 2. The highest BCUT2D eigenvalue weighted by molar-refractivity contribution is 9.10. The number of halogens is 1. The summed E-state index contributed by atoms with van der Waals surface area (Å²) in [4.78, 5) is 0. The maximum atomic E-state index is 6.24. The van der Waals surface area contributed by atoms with Crippen LogP contribution < -0.4 is 5.73 Å². The first-order valence-electron chi connectivity index (χ1n) is 4.34. The Morgan fingerprint density at radius 2 is 2.15 bits per heavy atom. The van der Waals surface area contributed by atoms with Crippen molar-refractivity contribution in [1.29, 1.82) is 0 Å². The van der Waals surface area contributed by atoms with Crippen molar-refractivity contribution in [2.24, 2.45) is 18.7 Å². The van der Waals surface area contributed by atoms with Crippen LogP contribution in [0.25, 0.3) is 0 Å². The van der Waals surface area contributed by atoms with Crippen LogP contribution in [0.3, 0.4) is 0 Å². The minimum Gasteiger partial charge on any atom is -0.320 e. The third-order valence-electron chi connectivity index (χ3n) is 2.60. The fourth-order valence-electron chi connectivity index (χ4n) is 1.29. The first kappa shape index (κ1) is 10.7. The van der Waals surface area contributed by atoms with Crippen LogP contribution in [0.15, 0.2) is 10.7 Å². The molecule has 1 unspecified atom stereocenters. The summed E-state index contributed by atoms with van der Waals surface area (Å²) in [5, 5.41) is 4.15. The second-order valence-electron chi connectivity index (χ2n) is 3.90. The third-order valence-corrected chi connectivity index (χ3v) is 3.18. The van der Waals surface area contributed by atoms with Crippen LogP contribution in [0.1, 0.15) is 26.5 Å². The highest BCUT2D eigenvalue weighted by Crippen LogP contribution is 2.31. The Morgan fingerprint density at radius 1 is 1.62 bits per heavy atom. The average molecular weight is 246 g/mol. The van der Waals surface area contributed by atoms with Gasteiger partial charge in [0.15, 0.2) is 0 Å². The Morgan fingerprint density at radius 3 is 2.46 bits per heavy atom. The number of aromatic nitrogens is 2. The molecule has 74 valence electrons. The van der Waals surface area contributed by atoms with Crippen LogP contribution in [-0.4, -0.2) is 9.78 Å². The molecule has 0 aliphatic heterocycles. The van der Waals surface area contributed by atoms with Gasteiger partial charge in [-0.25, -0.2) is 0 Å². The molecule has 0 aromatic carbocycles. The maximum Gasteiger partial charge on any atom is 0.0721 e. The third kappa shape index (κ3) is 1.79. The Balaban J connectivity index is 3.20.